The van der Waals surface area contributed by atoms with E-state index in [1.54, 1.807) is 11.1 Å². The van der Waals surface area contributed by atoms with Crippen LogP contribution in [0.3, 0.4) is 0 Å². The van der Waals surface area contributed by atoms with Gasteiger partial charge in [-0.2, -0.15) is 12.6 Å². The first-order valence-electron chi connectivity index (χ1n) is 6.94. The summed E-state index contributed by atoms with van der Waals surface area (Å²) in [5.74, 6) is 0.950. The van der Waals surface area contributed by atoms with Gasteiger partial charge in [-0.25, -0.2) is 4.98 Å². The van der Waals surface area contributed by atoms with Gasteiger partial charge in [0.1, 0.15) is 11.9 Å². The van der Waals surface area contributed by atoms with Crippen molar-refractivity contribution in [1.82, 2.24) is 15.2 Å². The average molecular weight is 308 g/mol. The van der Waals surface area contributed by atoms with Gasteiger partial charge in [-0.3, -0.25) is 9.59 Å². The van der Waals surface area contributed by atoms with Crippen molar-refractivity contribution in [3.8, 4) is 0 Å². The molecule has 1 N–H and O–H groups in total. The first kappa shape index (κ1) is 15.6. The Bertz CT molecular complexity index is 489. The highest BCUT2D eigenvalue weighted by atomic mass is 32.1. The Morgan fingerprint density at radius 3 is 2.57 bits per heavy atom. The summed E-state index contributed by atoms with van der Waals surface area (Å²) in [7, 11) is 0. The molecule has 1 unspecified atom stereocenters. The zero-order chi connectivity index (χ0) is 15.2. The fourth-order valence-corrected chi connectivity index (χ4v) is 2.60. The molecular weight excluding hydrogens is 288 g/mol. The van der Waals surface area contributed by atoms with Crippen molar-refractivity contribution in [2.45, 2.75) is 13.0 Å². The lowest BCUT2D eigenvalue weighted by molar-refractivity contribution is -0.135. The number of thiol groups is 1. The molecule has 1 aliphatic rings. The number of amides is 2. The Kier molecular flexibility index (Phi) is 5.44. The van der Waals surface area contributed by atoms with E-state index in [0.29, 0.717) is 18.8 Å². The molecule has 1 atom stereocenters. The van der Waals surface area contributed by atoms with Crippen LogP contribution in [0, 0.1) is 0 Å². The number of nitrogens with one attached hydrogen (secondary N) is 1. The maximum absolute atomic E-state index is 12.3. The largest absolute Gasteiger partial charge is 0.353 e. The van der Waals surface area contributed by atoms with Gasteiger partial charge in [0.15, 0.2) is 0 Å². The van der Waals surface area contributed by atoms with Crippen LogP contribution in [0.1, 0.15) is 6.92 Å². The molecule has 1 fully saturated rings. The molecule has 0 radical (unpaired) electrons. The number of hydrogen-bond donors (Lipinski definition) is 2. The maximum Gasteiger partial charge on any atom is 0.246 e. The van der Waals surface area contributed by atoms with Gasteiger partial charge in [-0.05, 0) is 12.1 Å². The minimum Gasteiger partial charge on any atom is -0.353 e. The van der Waals surface area contributed by atoms with Gasteiger partial charge >= 0.3 is 0 Å². The summed E-state index contributed by atoms with van der Waals surface area (Å²) in [5, 5.41) is 2.64. The van der Waals surface area contributed by atoms with Crippen LogP contribution in [-0.4, -0.2) is 59.7 Å². The minimum absolute atomic E-state index is 0.0686. The second-order valence-electron chi connectivity index (χ2n) is 4.94. The summed E-state index contributed by atoms with van der Waals surface area (Å²) in [6.07, 6.45) is 1.76. The first-order chi connectivity index (χ1) is 10.1. The average Bonchev–Trinajstić information content (AvgIpc) is 2.53. The second-order valence-corrected chi connectivity index (χ2v) is 5.30. The molecule has 0 aliphatic carbocycles. The van der Waals surface area contributed by atoms with E-state index in [2.05, 4.69) is 27.8 Å². The molecule has 2 rings (SSSR count). The third-order valence-electron chi connectivity index (χ3n) is 3.42. The molecule has 1 aliphatic heterocycles. The van der Waals surface area contributed by atoms with Crippen LogP contribution >= 0.6 is 12.6 Å². The van der Waals surface area contributed by atoms with E-state index in [1.807, 2.05) is 18.2 Å². The fourth-order valence-electron chi connectivity index (χ4n) is 2.35. The lowest BCUT2D eigenvalue weighted by Gasteiger charge is -2.36. The summed E-state index contributed by atoms with van der Waals surface area (Å²) >= 11 is 4.14. The standard InChI is InChI=1S/C14H20N4O2S/c1-11(19)16-12(10-21)14(20)18-8-6-17(7-9-18)13-4-2-3-5-15-13/h2-5,12,21H,6-10H2,1H3,(H,16,19). The Morgan fingerprint density at radius 1 is 1.33 bits per heavy atom. The zero-order valence-electron chi connectivity index (χ0n) is 12.0. The molecule has 21 heavy (non-hydrogen) atoms. The minimum atomic E-state index is -0.549. The van der Waals surface area contributed by atoms with E-state index < -0.39 is 6.04 Å². The van der Waals surface area contributed by atoms with Crippen LogP contribution in [-0.2, 0) is 9.59 Å². The quantitative estimate of drug-likeness (QED) is 0.778. The van der Waals surface area contributed by atoms with E-state index >= 15 is 0 Å². The van der Waals surface area contributed by atoms with E-state index in [9.17, 15) is 9.59 Å². The fraction of sp³-hybridized carbons (Fsp3) is 0.500. The number of nitrogens with zero attached hydrogens (tertiary/aromatic N) is 3. The lowest BCUT2D eigenvalue weighted by Crippen LogP contribution is -2.55. The highest BCUT2D eigenvalue weighted by molar-refractivity contribution is 7.80. The molecule has 2 heterocycles. The highest BCUT2D eigenvalue weighted by Crippen LogP contribution is 2.13. The number of piperazine rings is 1. The van der Waals surface area contributed by atoms with Gasteiger partial charge in [0.05, 0.1) is 0 Å². The topological polar surface area (TPSA) is 65.5 Å². The van der Waals surface area contributed by atoms with Crippen molar-refractivity contribution in [2.24, 2.45) is 0 Å². The molecule has 1 aromatic heterocycles. The molecule has 0 spiro atoms. The van der Waals surface area contributed by atoms with E-state index in [4.69, 9.17) is 0 Å². The normalized spacial score (nSPS) is 16.5. The number of carbonyl (C=O) groups excluding carboxylic acids is 2. The van der Waals surface area contributed by atoms with Crippen molar-refractivity contribution >= 4 is 30.3 Å². The number of hydrogen-bond acceptors (Lipinski definition) is 5. The third kappa shape index (κ3) is 4.10. The molecule has 0 saturated carbocycles. The van der Waals surface area contributed by atoms with Gasteiger partial charge < -0.3 is 15.1 Å². The van der Waals surface area contributed by atoms with Crippen LogP contribution in [0.5, 0.6) is 0 Å². The van der Waals surface area contributed by atoms with E-state index in [1.165, 1.54) is 6.92 Å². The summed E-state index contributed by atoms with van der Waals surface area (Å²) in [6, 6.07) is 5.25. The first-order valence-corrected chi connectivity index (χ1v) is 7.58. The van der Waals surface area contributed by atoms with Crippen LogP contribution in [0.25, 0.3) is 0 Å². The number of carbonyl (C=O) groups is 2. The van der Waals surface area contributed by atoms with Crippen molar-refractivity contribution < 1.29 is 9.59 Å². The van der Waals surface area contributed by atoms with Crippen molar-refractivity contribution in [3.05, 3.63) is 24.4 Å². The third-order valence-corrected chi connectivity index (χ3v) is 3.79. The molecule has 0 aromatic carbocycles. The second kappa shape index (κ2) is 7.31. The maximum atomic E-state index is 12.3. The van der Waals surface area contributed by atoms with Crippen molar-refractivity contribution in [1.29, 1.82) is 0 Å². The Morgan fingerprint density at radius 2 is 2.05 bits per heavy atom. The number of pyridine rings is 1. The van der Waals surface area contributed by atoms with Gasteiger partial charge in [-0.15, -0.1) is 0 Å². The van der Waals surface area contributed by atoms with Gasteiger partial charge in [-0.1, -0.05) is 6.07 Å². The zero-order valence-corrected chi connectivity index (χ0v) is 12.9. The van der Waals surface area contributed by atoms with Crippen LogP contribution < -0.4 is 10.2 Å². The van der Waals surface area contributed by atoms with Crippen molar-refractivity contribution in [2.75, 3.05) is 36.8 Å². The summed E-state index contributed by atoms with van der Waals surface area (Å²) in [5.41, 5.74) is 0. The van der Waals surface area contributed by atoms with E-state index in [0.717, 1.165) is 18.9 Å². The molecule has 0 bridgehead atoms. The summed E-state index contributed by atoms with van der Waals surface area (Å²) < 4.78 is 0. The SMILES string of the molecule is CC(=O)NC(CS)C(=O)N1CCN(c2ccccn2)CC1. The predicted molar refractivity (Wildman–Crippen MR) is 84.5 cm³/mol. The van der Waals surface area contributed by atoms with Crippen molar-refractivity contribution in [3.63, 3.8) is 0 Å². The summed E-state index contributed by atoms with van der Waals surface area (Å²) in [6.45, 7) is 4.13. The molecular formula is C14H20N4O2S. The number of anilines is 1. The molecule has 1 saturated heterocycles. The Labute approximate surface area is 129 Å². The van der Waals surface area contributed by atoms with Crippen LogP contribution in [0.2, 0.25) is 0 Å². The molecule has 1 aromatic rings. The summed E-state index contributed by atoms with van der Waals surface area (Å²) in [4.78, 5) is 31.7. The van der Waals surface area contributed by atoms with Gasteiger partial charge in [0, 0.05) is 45.1 Å². The van der Waals surface area contributed by atoms with Gasteiger partial charge in [0.25, 0.3) is 0 Å². The number of rotatable bonds is 4. The van der Waals surface area contributed by atoms with E-state index in [-0.39, 0.29) is 11.8 Å². The lowest BCUT2D eigenvalue weighted by atomic mass is 10.2. The predicted octanol–water partition coefficient (Wildman–Crippen LogP) is 0.165. The van der Waals surface area contributed by atoms with Crippen LogP contribution in [0.15, 0.2) is 24.4 Å². The molecule has 114 valence electrons. The Balaban J connectivity index is 1.91. The molecule has 7 heteroatoms. The van der Waals surface area contributed by atoms with Gasteiger partial charge in [0.2, 0.25) is 11.8 Å². The monoisotopic (exact) mass is 308 g/mol. The smallest absolute Gasteiger partial charge is 0.246 e. The Hall–Kier alpha value is -1.76. The molecule has 6 nitrogen and oxygen atoms in total. The van der Waals surface area contributed by atoms with Crippen LogP contribution in [0.4, 0.5) is 5.82 Å². The molecule has 2 amide bonds. The highest BCUT2D eigenvalue weighted by Gasteiger charge is 2.27. The number of aromatic nitrogens is 1.